The van der Waals surface area contributed by atoms with Gasteiger partial charge in [0.05, 0.1) is 23.5 Å². The lowest BCUT2D eigenvalue weighted by Crippen LogP contribution is -2.19. The van der Waals surface area contributed by atoms with Gasteiger partial charge in [0.25, 0.3) is 5.91 Å². The summed E-state index contributed by atoms with van der Waals surface area (Å²) in [7, 11) is 0. The number of carbonyl (C=O) groups excluding carboxylic acids is 1. The van der Waals surface area contributed by atoms with Crippen LogP contribution < -0.4 is 15.4 Å². The van der Waals surface area contributed by atoms with Crippen molar-refractivity contribution in [3.05, 3.63) is 48.2 Å². The third-order valence-electron chi connectivity index (χ3n) is 4.06. The number of hydrogen-bond acceptors (Lipinski definition) is 5. The van der Waals surface area contributed by atoms with Crippen LogP contribution in [-0.4, -0.2) is 36.3 Å². The van der Waals surface area contributed by atoms with E-state index in [0.29, 0.717) is 17.0 Å². The van der Waals surface area contributed by atoms with Crippen LogP contribution in [0.1, 0.15) is 37.0 Å². The molecule has 1 saturated heterocycles. The van der Waals surface area contributed by atoms with E-state index >= 15 is 0 Å². The Morgan fingerprint density at radius 2 is 2.15 bits per heavy atom. The van der Waals surface area contributed by atoms with E-state index in [1.54, 1.807) is 18.3 Å². The second-order valence-corrected chi connectivity index (χ2v) is 6.56. The lowest BCUT2D eigenvalue weighted by molar-refractivity contribution is 0.102. The van der Waals surface area contributed by atoms with Gasteiger partial charge in [-0.1, -0.05) is 12.1 Å². The van der Waals surface area contributed by atoms with Crippen LogP contribution in [0.4, 0.5) is 11.5 Å². The topological polar surface area (TPSA) is 72.5 Å². The highest BCUT2D eigenvalue weighted by molar-refractivity contribution is 6.04. The maximum absolute atomic E-state index is 12.5. The summed E-state index contributed by atoms with van der Waals surface area (Å²) in [5.41, 5.74) is 1.14. The van der Waals surface area contributed by atoms with Crippen molar-refractivity contribution in [3.8, 4) is 5.75 Å². The average Bonchev–Trinajstić information content (AvgIpc) is 3.15. The summed E-state index contributed by atoms with van der Waals surface area (Å²) in [6, 6.07) is 11.0. The van der Waals surface area contributed by atoms with E-state index in [0.717, 1.165) is 31.8 Å². The molecular weight excluding hydrogens is 330 g/mol. The number of para-hydroxylation sites is 2. The molecule has 1 aromatic carbocycles. The second-order valence-electron chi connectivity index (χ2n) is 6.56. The minimum Gasteiger partial charge on any atom is -0.489 e. The fourth-order valence-electron chi connectivity index (χ4n) is 2.78. The highest BCUT2D eigenvalue weighted by Crippen LogP contribution is 2.25. The van der Waals surface area contributed by atoms with E-state index in [2.05, 4.69) is 15.6 Å². The summed E-state index contributed by atoms with van der Waals surface area (Å²) in [6.07, 6.45) is 4.03. The SMILES string of the molecule is CC(C)Oc1ccccc1NC(=O)c1ccc(NCC2CCCO2)nc1. The third kappa shape index (κ3) is 4.95. The normalized spacial score (nSPS) is 16.5. The predicted octanol–water partition coefficient (Wildman–Crippen LogP) is 3.71. The summed E-state index contributed by atoms with van der Waals surface area (Å²) in [5, 5.41) is 6.13. The zero-order chi connectivity index (χ0) is 18.4. The van der Waals surface area contributed by atoms with Gasteiger partial charge in [-0.15, -0.1) is 0 Å². The van der Waals surface area contributed by atoms with Crippen molar-refractivity contribution in [1.29, 1.82) is 0 Å². The number of amides is 1. The van der Waals surface area contributed by atoms with Crippen molar-refractivity contribution in [2.75, 3.05) is 23.8 Å². The van der Waals surface area contributed by atoms with Gasteiger partial charge in [-0.05, 0) is 51.0 Å². The van der Waals surface area contributed by atoms with Gasteiger partial charge >= 0.3 is 0 Å². The number of ether oxygens (including phenoxy) is 2. The molecule has 0 aliphatic carbocycles. The van der Waals surface area contributed by atoms with E-state index in [4.69, 9.17) is 9.47 Å². The third-order valence-corrected chi connectivity index (χ3v) is 4.06. The van der Waals surface area contributed by atoms with Crippen molar-refractivity contribution in [2.45, 2.75) is 38.9 Å². The summed E-state index contributed by atoms with van der Waals surface area (Å²) < 4.78 is 11.3. The second kappa shape index (κ2) is 8.67. The Morgan fingerprint density at radius 3 is 2.85 bits per heavy atom. The molecule has 1 fully saturated rings. The van der Waals surface area contributed by atoms with Crippen LogP contribution in [-0.2, 0) is 4.74 Å². The first kappa shape index (κ1) is 18.2. The van der Waals surface area contributed by atoms with E-state index in [-0.39, 0.29) is 18.1 Å². The highest BCUT2D eigenvalue weighted by atomic mass is 16.5. The Morgan fingerprint density at radius 1 is 1.31 bits per heavy atom. The molecule has 3 rings (SSSR count). The zero-order valence-corrected chi connectivity index (χ0v) is 15.2. The van der Waals surface area contributed by atoms with E-state index in [1.807, 2.05) is 38.1 Å². The Labute approximate surface area is 153 Å². The molecule has 0 radical (unpaired) electrons. The first-order chi connectivity index (χ1) is 12.6. The molecule has 1 aromatic heterocycles. The maximum atomic E-state index is 12.5. The summed E-state index contributed by atoms with van der Waals surface area (Å²) in [4.78, 5) is 16.8. The lowest BCUT2D eigenvalue weighted by Gasteiger charge is -2.15. The Bertz CT molecular complexity index is 725. The first-order valence-corrected chi connectivity index (χ1v) is 9.00. The van der Waals surface area contributed by atoms with Crippen LogP contribution in [0.2, 0.25) is 0 Å². The van der Waals surface area contributed by atoms with Gasteiger partial charge in [-0.25, -0.2) is 4.98 Å². The van der Waals surface area contributed by atoms with Crippen molar-refractivity contribution in [3.63, 3.8) is 0 Å². The number of nitrogens with zero attached hydrogens (tertiary/aromatic N) is 1. The zero-order valence-electron chi connectivity index (χ0n) is 15.2. The number of hydrogen-bond donors (Lipinski definition) is 2. The van der Waals surface area contributed by atoms with E-state index in [1.165, 1.54) is 0 Å². The molecule has 2 aromatic rings. The minimum absolute atomic E-state index is 0.0314. The van der Waals surface area contributed by atoms with Crippen LogP contribution >= 0.6 is 0 Å². The maximum Gasteiger partial charge on any atom is 0.257 e. The molecular formula is C20H25N3O3. The highest BCUT2D eigenvalue weighted by Gasteiger charge is 2.15. The molecule has 2 heterocycles. The van der Waals surface area contributed by atoms with Crippen molar-refractivity contribution in [1.82, 2.24) is 4.98 Å². The predicted molar refractivity (Wildman–Crippen MR) is 102 cm³/mol. The van der Waals surface area contributed by atoms with Crippen LogP contribution in [0.3, 0.4) is 0 Å². The lowest BCUT2D eigenvalue weighted by atomic mass is 10.2. The summed E-state index contributed by atoms with van der Waals surface area (Å²) in [5.74, 6) is 1.17. The van der Waals surface area contributed by atoms with Gasteiger partial charge in [0.1, 0.15) is 11.6 Å². The molecule has 0 bridgehead atoms. The van der Waals surface area contributed by atoms with E-state index < -0.39 is 0 Å². The largest absolute Gasteiger partial charge is 0.489 e. The molecule has 26 heavy (non-hydrogen) atoms. The number of carbonyl (C=O) groups is 1. The number of rotatable bonds is 7. The number of nitrogens with one attached hydrogen (secondary N) is 2. The number of benzene rings is 1. The standard InChI is InChI=1S/C20H25N3O3/c1-14(2)26-18-8-4-3-7-17(18)23-20(24)15-9-10-19(21-12-15)22-13-16-6-5-11-25-16/h3-4,7-10,12,14,16H,5-6,11,13H2,1-2H3,(H,21,22)(H,23,24). The molecule has 1 aliphatic heterocycles. The molecule has 138 valence electrons. The smallest absolute Gasteiger partial charge is 0.257 e. The quantitative estimate of drug-likeness (QED) is 0.792. The molecule has 1 amide bonds. The van der Waals surface area contributed by atoms with Crippen LogP contribution in [0.25, 0.3) is 0 Å². The molecule has 1 atom stereocenters. The number of anilines is 2. The van der Waals surface area contributed by atoms with Crippen LogP contribution in [0, 0.1) is 0 Å². The van der Waals surface area contributed by atoms with Crippen molar-refractivity contribution in [2.24, 2.45) is 0 Å². The minimum atomic E-state index is -0.219. The van der Waals surface area contributed by atoms with Crippen LogP contribution in [0.15, 0.2) is 42.6 Å². The van der Waals surface area contributed by atoms with Gasteiger partial charge in [0, 0.05) is 19.3 Å². The average molecular weight is 355 g/mol. The molecule has 2 N–H and O–H groups in total. The van der Waals surface area contributed by atoms with Gasteiger partial charge in [0.2, 0.25) is 0 Å². The van der Waals surface area contributed by atoms with Crippen molar-refractivity contribution >= 4 is 17.4 Å². The monoisotopic (exact) mass is 355 g/mol. The fraction of sp³-hybridized carbons (Fsp3) is 0.400. The number of pyridine rings is 1. The molecule has 0 spiro atoms. The van der Waals surface area contributed by atoms with E-state index in [9.17, 15) is 4.79 Å². The first-order valence-electron chi connectivity index (χ1n) is 9.00. The molecule has 6 nitrogen and oxygen atoms in total. The Hall–Kier alpha value is -2.60. The van der Waals surface area contributed by atoms with Crippen LogP contribution in [0.5, 0.6) is 5.75 Å². The Balaban J connectivity index is 1.59. The van der Waals surface area contributed by atoms with Gasteiger partial charge < -0.3 is 20.1 Å². The summed E-state index contributed by atoms with van der Waals surface area (Å²) >= 11 is 0. The molecule has 0 saturated carbocycles. The van der Waals surface area contributed by atoms with Crippen molar-refractivity contribution < 1.29 is 14.3 Å². The summed E-state index contributed by atoms with van der Waals surface area (Å²) in [6.45, 7) is 5.47. The number of aromatic nitrogens is 1. The Kier molecular flexibility index (Phi) is 6.07. The van der Waals surface area contributed by atoms with Gasteiger partial charge in [-0.2, -0.15) is 0 Å². The fourth-order valence-corrected chi connectivity index (χ4v) is 2.78. The van der Waals surface area contributed by atoms with Gasteiger partial charge in [-0.3, -0.25) is 4.79 Å². The molecule has 1 aliphatic rings. The van der Waals surface area contributed by atoms with Gasteiger partial charge in [0.15, 0.2) is 0 Å². The molecule has 1 unspecified atom stereocenters. The molecule has 6 heteroatoms.